The van der Waals surface area contributed by atoms with Crippen LogP contribution in [0.4, 0.5) is 5.69 Å². The summed E-state index contributed by atoms with van der Waals surface area (Å²) < 4.78 is 4.81. The van der Waals surface area contributed by atoms with Crippen LogP contribution in [0.25, 0.3) is 10.2 Å². The van der Waals surface area contributed by atoms with Crippen LogP contribution in [-0.2, 0) is 0 Å². The number of para-hydroxylation sites is 2. The first-order valence-corrected chi connectivity index (χ1v) is 12.3. The van der Waals surface area contributed by atoms with Crippen molar-refractivity contribution in [2.24, 2.45) is 0 Å². The van der Waals surface area contributed by atoms with Gasteiger partial charge < -0.3 is 4.31 Å². The lowest BCUT2D eigenvalue weighted by Crippen LogP contribution is -2.15. The van der Waals surface area contributed by atoms with Crippen LogP contribution in [0.15, 0.2) is 58.9 Å². The van der Waals surface area contributed by atoms with Gasteiger partial charge in [0.2, 0.25) is 0 Å². The molecule has 1 aromatic heterocycles. The maximum Gasteiger partial charge on any atom is 0.171 e. The minimum atomic E-state index is 1.07. The summed E-state index contributed by atoms with van der Waals surface area (Å²) in [6.45, 7) is 3.35. The van der Waals surface area contributed by atoms with Crippen molar-refractivity contribution in [2.75, 3.05) is 10.8 Å². The van der Waals surface area contributed by atoms with E-state index in [-0.39, 0.29) is 0 Å². The van der Waals surface area contributed by atoms with Crippen molar-refractivity contribution in [1.82, 2.24) is 4.98 Å². The Balaban J connectivity index is 1.49. The largest absolute Gasteiger partial charge is 0.310 e. The van der Waals surface area contributed by atoms with E-state index < -0.39 is 0 Å². The lowest BCUT2D eigenvalue weighted by Gasteiger charge is -2.22. The Morgan fingerprint density at radius 1 is 0.786 bits per heavy atom. The fourth-order valence-corrected chi connectivity index (χ4v) is 5.53. The van der Waals surface area contributed by atoms with Crippen LogP contribution >= 0.6 is 23.3 Å². The zero-order valence-corrected chi connectivity index (χ0v) is 18.6. The fourth-order valence-electron chi connectivity index (χ4n) is 3.37. The molecule has 28 heavy (non-hydrogen) atoms. The molecule has 0 saturated carbocycles. The van der Waals surface area contributed by atoms with E-state index >= 15 is 0 Å². The molecule has 0 bridgehead atoms. The molecule has 0 aliphatic heterocycles. The number of hydrogen-bond acceptors (Lipinski definition) is 4. The van der Waals surface area contributed by atoms with Crippen LogP contribution in [0.2, 0.25) is 0 Å². The normalized spacial score (nSPS) is 11.2. The molecule has 0 radical (unpaired) electrons. The van der Waals surface area contributed by atoms with E-state index in [1.807, 2.05) is 0 Å². The lowest BCUT2D eigenvalue weighted by molar-refractivity contribution is 0.567. The van der Waals surface area contributed by atoms with Gasteiger partial charge in [-0.3, -0.25) is 0 Å². The summed E-state index contributed by atoms with van der Waals surface area (Å²) in [5, 5.41) is 0. The zero-order valence-electron chi connectivity index (χ0n) is 17.0. The van der Waals surface area contributed by atoms with Crippen molar-refractivity contribution >= 4 is 39.2 Å². The highest BCUT2D eigenvalue weighted by Gasteiger charge is 2.12. The molecule has 0 N–H and O–H groups in total. The number of anilines is 1. The molecular formula is C24H32N2S2. The van der Waals surface area contributed by atoms with Crippen molar-refractivity contribution in [3.8, 4) is 0 Å². The van der Waals surface area contributed by atoms with Crippen LogP contribution in [0.5, 0.6) is 0 Å². The van der Waals surface area contributed by atoms with Crippen LogP contribution < -0.4 is 4.31 Å². The van der Waals surface area contributed by atoms with Gasteiger partial charge in [0, 0.05) is 24.2 Å². The molecule has 2 nitrogen and oxygen atoms in total. The van der Waals surface area contributed by atoms with Gasteiger partial charge in [0.25, 0.3) is 0 Å². The SMILES string of the molecule is CCCCCCCCCCCN(Sc1nc2ccccc2s1)c1ccccc1. The summed E-state index contributed by atoms with van der Waals surface area (Å²) >= 11 is 3.57. The fraction of sp³-hybridized carbons (Fsp3) is 0.458. The predicted molar refractivity (Wildman–Crippen MR) is 126 cm³/mol. The van der Waals surface area contributed by atoms with Crippen LogP contribution in [0.3, 0.4) is 0 Å². The van der Waals surface area contributed by atoms with Crippen molar-refractivity contribution in [3.63, 3.8) is 0 Å². The van der Waals surface area contributed by atoms with E-state index in [1.165, 1.54) is 68.2 Å². The van der Waals surface area contributed by atoms with E-state index in [1.54, 1.807) is 23.3 Å². The van der Waals surface area contributed by atoms with Crippen LogP contribution in [-0.4, -0.2) is 11.5 Å². The molecule has 0 fully saturated rings. The Morgan fingerprint density at radius 2 is 1.43 bits per heavy atom. The summed E-state index contributed by atoms with van der Waals surface area (Å²) in [5.74, 6) is 0. The number of hydrogen-bond donors (Lipinski definition) is 0. The minimum Gasteiger partial charge on any atom is -0.310 e. The third-order valence-corrected chi connectivity index (χ3v) is 7.14. The number of rotatable bonds is 13. The van der Waals surface area contributed by atoms with Crippen LogP contribution in [0.1, 0.15) is 64.7 Å². The standard InChI is InChI=1S/C24H32N2S2/c1-2-3-4-5-6-7-8-9-15-20-26(21-16-11-10-12-17-21)28-24-25-22-18-13-14-19-23(22)27-24/h10-14,16-19H,2-9,15,20H2,1H3. The van der Waals surface area contributed by atoms with Crippen LogP contribution in [0, 0.1) is 0 Å². The molecule has 0 amide bonds. The van der Waals surface area contributed by atoms with Gasteiger partial charge in [0.1, 0.15) is 0 Å². The van der Waals surface area contributed by atoms with E-state index in [4.69, 9.17) is 4.98 Å². The van der Waals surface area contributed by atoms with Gasteiger partial charge >= 0.3 is 0 Å². The highest BCUT2D eigenvalue weighted by Crippen LogP contribution is 2.34. The average molecular weight is 413 g/mol. The second-order valence-electron chi connectivity index (χ2n) is 7.30. The summed E-state index contributed by atoms with van der Waals surface area (Å²) in [7, 11) is 0. The van der Waals surface area contributed by atoms with E-state index in [0.29, 0.717) is 0 Å². The Hall–Kier alpha value is -1.52. The zero-order chi connectivity index (χ0) is 19.4. The van der Waals surface area contributed by atoms with Crippen molar-refractivity contribution in [2.45, 2.75) is 69.1 Å². The highest BCUT2D eigenvalue weighted by molar-refractivity contribution is 8.02. The number of benzene rings is 2. The molecule has 3 rings (SSSR count). The Bertz CT molecular complexity index is 767. The summed E-state index contributed by atoms with van der Waals surface area (Å²) in [4.78, 5) is 4.81. The number of thiazole rings is 1. The minimum absolute atomic E-state index is 1.07. The van der Waals surface area contributed by atoms with Gasteiger partial charge in [0.05, 0.1) is 10.2 Å². The van der Waals surface area contributed by atoms with Gasteiger partial charge in [-0.05, 0) is 30.7 Å². The smallest absolute Gasteiger partial charge is 0.171 e. The van der Waals surface area contributed by atoms with Crippen molar-refractivity contribution in [3.05, 3.63) is 54.6 Å². The van der Waals surface area contributed by atoms with E-state index in [9.17, 15) is 0 Å². The summed E-state index contributed by atoms with van der Waals surface area (Å²) in [5.41, 5.74) is 2.37. The molecule has 0 aliphatic rings. The first kappa shape index (κ1) is 21.2. The number of fused-ring (bicyclic) bond motifs is 1. The third-order valence-electron chi connectivity index (χ3n) is 4.97. The van der Waals surface area contributed by atoms with E-state index in [2.05, 4.69) is 65.8 Å². The molecule has 150 valence electrons. The topological polar surface area (TPSA) is 16.1 Å². The summed E-state index contributed by atoms with van der Waals surface area (Å²) in [6, 6.07) is 19.1. The van der Waals surface area contributed by atoms with Gasteiger partial charge in [0.15, 0.2) is 4.34 Å². The quantitative estimate of drug-likeness (QED) is 0.207. The van der Waals surface area contributed by atoms with E-state index in [0.717, 1.165) is 16.4 Å². The van der Waals surface area contributed by atoms with Gasteiger partial charge in [-0.25, -0.2) is 4.98 Å². The molecule has 0 atom stereocenters. The molecule has 0 aliphatic carbocycles. The van der Waals surface area contributed by atoms with Crippen molar-refractivity contribution in [1.29, 1.82) is 0 Å². The van der Waals surface area contributed by atoms with Gasteiger partial charge in [-0.2, -0.15) is 0 Å². The number of aromatic nitrogens is 1. The molecule has 0 spiro atoms. The molecule has 0 unspecified atom stereocenters. The second kappa shape index (κ2) is 12.1. The predicted octanol–water partition coefficient (Wildman–Crippen LogP) is 8.34. The maximum atomic E-state index is 4.81. The lowest BCUT2D eigenvalue weighted by atomic mass is 10.1. The average Bonchev–Trinajstić information content (AvgIpc) is 3.15. The van der Waals surface area contributed by atoms with Gasteiger partial charge in [-0.15, -0.1) is 11.3 Å². The Morgan fingerprint density at radius 3 is 2.14 bits per heavy atom. The first-order chi connectivity index (χ1) is 13.9. The maximum absolute atomic E-state index is 4.81. The molecule has 0 saturated heterocycles. The molecule has 2 aromatic carbocycles. The Kier molecular flexibility index (Phi) is 9.18. The highest BCUT2D eigenvalue weighted by atomic mass is 32.2. The first-order valence-electron chi connectivity index (χ1n) is 10.7. The Labute approximate surface area is 178 Å². The molecular weight excluding hydrogens is 380 g/mol. The molecule has 1 heterocycles. The van der Waals surface area contributed by atoms with Crippen molar-refractivity contribution < 1.29 is 0 Å². The van der Waals surface area contributed by atoms with Gasteiger partial charge in [-0.1, -0.05) is 88.6 Å². The second-order valence-corrected chi connectivity index (χ2v) is 9.60. The number of unbranched alkanes of at least 4 members (excludes halogenated alkanes) is 8. The third kappa shape index (κ3) is 6.82. The molecule has 4 heteroatoms. The monoisotopic (exact) mass is 412 g/mol. The molecule has 3 aromatic rings. The number of nitrogens with zero attached hydrogens (tertiary/aromatic N) is 2. The summed E-state index contributed by atoms with van der Waals surface area (Å²) in [6.07, 6.45) is 12.3.